The number of aromatic nitrogens is 4. The van der Waals surface area contributed by atoms with Crippen molar-refractivity contribution in [2.75, 3.05) is 0 Å². The highest BCUT2D eigenvalue weighted by molar-refractivity contribution is 6.25. The van der Waals surface area contributed by atoms with Crippen molar-refractivity contribution in [2.24, 2.45) is 0 Å². The first-order valence-corrected chi connectivity index (χ1v) is 14.9. The molecule has 0 fully saturated rings. The van der Waals surface area contributed by atoms with Gasteiger partial charge in [0.15, 0.2) is 0 Å². The molecule has 4 heteroatoms. The molecule has 4 heterocycles. The van der Waals surface area contributed by atoms with E-state index in [-0.39, 0.29) is 0 Å². The number of hydrogen-bond donors (Lipinski definition) is 0. The van der Waals surface area contributed by atoms with E-state index in [2.05, 4.69) is 142 Å². The summed E-state index contributed by atoms with van der Waals surface area (Å²) in [5.74, 6) is 0. The van der Waals surface area contributed by atoms with Crippen LogP contribution >= 0.6 is 0 Å². The summed E-state index contributed by atoms with van der Waals surface area (Å²) in [7, 11) is 0. The first-order valence-electron chi connectivity index (χ1n) is 14.9. The first kappa shape index (κ1) is 23.6. The summed E-state index contributed by atoms with van der Waals surface area (Å²) < 4.78 is 4.64. The van der Waals surface area contributed by atoms with Crippen molar-refractivity contribution in [3.8, 4) is 16.8 Å². The van der Waals surface area contributed by atoms with Gasteiger partial charge in [-0.15, -0.1) is 0 Å². The molecule has 204 valence electrons. The van der Waals surface area contributed by atoms with Crippen molar-refractivity contribution in [1.29, 1.82) is 0 Å². The van der Waals surface area contributed by atoms with Crippen LogP contribution in [0.3, 0.4) is 0 Å². The van der Waals surface area contributed by atoms with Crippen LogP contribution in [0.2, 0.25) is 0 Å². The van der Waals surface area contributed by atoms with Gasteiger partial charge in [0.2, 0.25) is 0 Å². The van der Waals surface area contributed by atoms with Gasteiger partial charge in [0.1, 0.15) is 5.65 Å². The van der Waals surface area contributed by atoms with Crippen molar-refractivity contribution in [3.63, 3.8) is 0 Å². The standard InChI is InChI=1S/C40H24N4/c1-2-13-30-27(10-1)31(24-32-38(30)40-42-33-14-5-8-17-36(33)44(40)37-18-9-23-41-39(32)37)25-19-21-26(22-20-25)43-34-15-6-3-11-28(34)29-12-4-7-16-35(29)43/h1-24H. The third-order valence-corrected chi connectivity index (χ3v) is 9.13. The molecule has 0 aliphatic heterocycles. The molecule has 44 heavy (non-hydrogen) atoms. The third kappa shape index (κ3) is 3.11. The van der Waals surface area contributed by atoms with Gasteiger partial charge < -0.3 is 4.57 Å². The molecule has 0 atom stereocenters. The average molecular weight is 561 g/mol. The lowest BCUT2D eigenvalue weighted by molar-refractivity contribution is 1.18. The molecule has 4 nitrogen and oxygen atoms in total. The molecule has 0 aliphatic rings. The van der Waals surface area contributed by atoms with Gasteiger partial charge in [-0.25, -0.2) is 4.98 Å². The van der Waals surface area contributed by atoms with Gasteiger partial charge in [0.05, 0.1) is 33.1 Å². The molecule has 0 aliphatic carbocycles. The Bertz CT molecular complexity index is 2710. The molecule has 0 amide bonds. The smallest absolute Gasteiger partial charge is 0.147 e. The lowest BCUT2D eigenvalue weighted by Crippen LogP contribution is -1.96. The van der Waals surface area contributed by atoms with E-state index in [9.17, 15) is 0 Å². The Morgan fingerprint density at radius 2 is 1.09 bits per heavy atom. The molecule has 10 rings (SSSR count). The maximum absolute atomic E-state index is 5.17. The Morgan fingerprint density at radius 1 is 0.477 bits per heavy atom. The van der Waals surface area contributed by atoms with Crippen molar-refractivity contribution in [1.82, 2.24) is 18.9 Å². The van der Waals surface area contributed by atoms with Crippen molar-refractivity contribution >= 4 is 71.1 Å². The molecular weight excluding hydrogens is 536 g/mol. The van der Waals surface area contributed by atoms with Crippen molar-refractivity contribution < 1.29 is 0 Å². The predicted molar refractivity (Wildman–Crippen MR) is 183 cm³/mol. The molecule has 0 spiro atoms. The number of para-hydroxylation sites is 4. The van der Waals surface area contributed by atoms with Crippen LogP contribution in [0.15, 0.2) is 146 Å². The SMILES string of the molecule is c1ccc2c(c1)nc1c3c4ccccc4c(-c4ccc(-n5c6ccccc6c6ccccc65)cc4)cc3c3ncccc3n21. The average Bonchev–Trinajstić information content (AvgIpc) is 3.64. The van der Waals surface area contributed by atoms with E-state index in [1.807, 2.05) is 12.3 Å². The van der Waals surface area contributed by atoms with Crippen LogP contribution in [0.25, 0.3) is 87.9 Å². The first-order chi connectivity index (χ1) is 21.8. The van der Waals surface area contributed by atoms with Crippen LogP contribution in [-0.2, 0) is 0 Å². The number of benzene rings is 6. The lowest BCUT2D eigenvalue weighted by Gasteiger charge is -2.15. The Kier molecular flexibility index (Phi) is 4.69. The Labute approximate surface area is 252 Å². The van der Waals surface area contributed by atoms with Crippen LogP contribution in [0.5, 0.6) is 0 Å². The van der Waals surface area contributed by atoms with E-state index < -0.39 is 0 Å². The van der Waals surface area contributed by atoms with E-state index in [0.717, 1.165) is 44.2 Å². The van der Waals surface area contributed by atoms with Crippen molar-refractivity contribution in [2.45, 2.75) is 0 Å². The number of imidazole rings is 1. The zero-order valence-corrected chi connectivity index (χ0v) is 23.6. The quantitative estimate of drug-likeness (QED) is 0.197. The fourth-order valence-electron chi connectivity index (χ4n) is 7.25. The molecule has 10 aromatic rings. The fourth-order valence-corrected chi connectivity index (χ4v) is 7.25. The molecular formula is C40H24N4. The second kappa shape index (κ2) is 8.76. The summed E-state index contributed by atoms with van der Waals surface area (Å²) in [6.45, 7) is 0. The molecule has 6 aromatic carbocycles. The lowest BCUT2D eigenvalue weighted by atomic mass is 9.93. The molecule has 0 unspecified atom stereocenters. The minimum Gasteiger partial charge on any atom is -0.309 e. The predicted octanol–water partition coefficient (Wildman–Crippen LogP) is 10.1. The zero-order valence-electron chi connectivity index (χ0n) is 23.6. The van der Waals surface area contributed by atoms with Crippen LogP contribution in [0, 0.1) is 0 Å². The van der Waals surface area contributed by atoms with Crippen LogP contribution in [-0.4, -0.2) is 18.9 Å². The second-order valence-corrected chi connectivity index (χ2v) is 11.4. The Balaban J connectivity index is 1.26. The minimum atomic E-state index is 0.964. The van der Waals surface area contributed by atoms with Gasteiger partial charge >= 0.3 is 0 Å². The van der Waals surface area contributed by atoms with E-state index in [1.165, 1.54) is 43.7 Å². The Morgan fingerprint density at radius 3 is 1.84 bits per heavy atom. The molecule has 0 bridgehead atoms. The number of nitrogens with zero attached hydrogens (tertiary/aromatic N) is 4. The summed E-state index contributed by atoms with van der Waals surface area (Å²) in [4.78, 5) is 10.1. The van der Waals surface area contributed by atoms with E-state index >= 15 is 0 Å². The Hall–Kier alpha value is -6.00. The molecule has 0 saturated heterocycles. The minimum absolute atomic E-state index is 0.964. The van der Waals surface area contributed by atoms with Crippen LogP contribution < -0.4 is 0 Å². The summed E-state index contributed by atoms with van der Waals surface area (Å²) >= 11 is 0. The number of rotatable bonds is 2. The van der Waals surface area contributed by atoms with E-state index in [0.29, 0.717) is 0 Å². The largest absolute Gasteiger partial charge is 0.309 e. The molecule has 0 N–H and O–H groups in total. The zero-order chi connectivity index (χ0) is 28.8. The van der Waals surface area contributed by atoms with Gasteiger partial charge in [-0.1, -0.05) is 84.9 Å². The van der Waals surface area contributed by atoms with Crippen LogP contribution in [0.4, 0.5) is 0 Å². The van der Waals surface area contributed by atoms with Crippen LogP contribution in [0.1, 0.15) is 0 Å². The van der Waals surface area contributed by atoms with Gasteiger partial charge in [0.25, 0.3) is 0 Å². The third-order valence-electron chi connectivity index (χ3n) is 9.13. The maximum Gasteiger partial charge on any atom is 0.147 e. The summed E-state index contributed by atoms with van der Waals surface area (Å²) in [6.07, 6.45) is 1.89. The second-order valence-electron chi connectivity index (χ2n) is 11.4. The normalized spacial score (nSPS) is 12.1. The number of fused-ring (bicyclic) bond motifs is 13. The monoisotopic (exact) mass is 560 g/mol. The summed E-state index contributed by atoms with van der Waals surface area (Å²) in [6, 6.07) is 49.8. The van der Waals surface area contributed by atoms with E-state index in [1.54, 1.807) is 0 Å². The van der Waals surface area contributed by atoms with E-state index in [4.69, 9.17) is 9.97 Å². The highest BCUT2D eigenvalue weighted by Crippen LogP contribution is 2.41. The summed E-state index contributed by atoms with van der Waals surface area (Å²) in [5, 5.41) is 7.17. The number of pyridine rings is 2. The highest BCUT2D eigenvalue weighted by atomic mass is 15.0. The molecule has 0 radical (unpaired) electrons. The fraction of sp³-hybridized carbons (Fsp3) is 0. The topological polar surface area (TPSA) is 35.1 Å². The van der Waals surface area contributed by atoms with Crippen molar-refractivity contribution in [3.05, 3.63) is 146 Å². The van der Waals surface area contributed by atoms with Gasteiger partial charge in [-0.05, 0) is 76.5 Å². The van der Waals surface area contributed by atoms with Gasteiger partial charge in [-0.2, -0.15) is 0 Å². The molecule has 0 saturated carbocycles. The maximum atomic E-state index is 5.17. The number of hydrogen-bond acceptors (Lipinski definition) is 2. The van der Waals surface area contributed by atoms with Gasteiger partial charge in [0, 0.05) is 33.4 Å². The highest BCUT2D eigenvalue weighted by Gasteiger charge is 2.19. The molecule has 4 aromatic heterocycles. The summed E-state index contributed by atoms with van der Waals surface area (Å²) in [5.41, 5.74) is 11.0. The van der Waals surface area contributed by atoms with Gasteiger partial charge in [-0.3, -0.25) is 9.38 Å².